The van der Waals surface area contributed by atoms with Gasteiger partial charge in [0.25, 0.3) is 5.91 Å². The zero-order chi connectivity index (χ0) is 18.1. The minimum atomic E-state index is -0.364. The van der Waals surface area contributed by atoms with Gasteiger partial charge in [0.2, 0.25) is 0 Å². The van der Waals surface area contributed by atoms with Crippen molar-refractivity contribution >= 4 is 11.9 Å². The number of hydrogen-bond donors (Lipinski definition) is 1. The van der Waals surface area contributed by atoms with E-state index in [1.807, 2.05) is 30.3 Å². The topological polar surface area (TPSA) is 64.6 Å². The highest BCUT2D eigenvalue weighted by Gasteiger charge is 2.28. The number of ether oxygens (including phenoxy) is 2. The van der Waals surface area contributed by atoms with Crippen LogP contribution in [0.25, 0.3) is 0 Å². The van der Waals surface area contributed by atoms with Crippen molar-refractivity contribution in [2.24, 2.45) is 11.8 Å². The Labute approximate surface area is 150 Å². The molecule has 5 nitrogen and oxygen atoms in total. The summed E-state index contributed by atoms with van der Waals surface area (Å²) in [5.41, 5.74) is 0. The third-order valence-electron chi connectivity index (χ3n) is 4.95. The summed E-state index contributed by atoms with van der Waals surface area (Å²) in [5.74, 6) is 1.29. The minimum Gasteiger partial charge on any atom is -0.494 e. The molecular formula is C20H29NO4. The normalized spacial score (nSPS) is 22.9. The van der Waals surface area contributed by atoms with Crippen LogP contribution in [0.4, 0.5) is 0 Å². The first-order valence-corrected chi connectivity index (χ1v) is 9.19. The summed E-state index contributed by atoms with van der Waals surface area (Å²) in [6.45, 7) is 4.65. The fourth-order valence-electron chi connectivity index (χ4n) is 3.18. The molecule has 3 atom stereocenters. The Morgan fingerprint density at radius 2 is 1.92 bits per heavy atom. The van der Waals surface area contributed by atoms with Gasteiger partial charge in [-0.25, -0.2) is 0 Å². The zero-order valence-electron chi connectivity index (χ0n) is 15.2. The third kappa shape index (κ3) is 6.77. The van der Waals surface area contributed by atoms with Crippen LogP contribution in [0.5, 0.6) is 5.75 Å². The molecule has 0 saturated heterocycles. The Kier molecular flexibility index (Phi) is 7.76. The number of para-hydroxylation sites is 1. The lowest BCUT2D eigenvalue weighted by Gasteiger charge is -2.34. The van der Waals surface area contributed by atoms with Gasteiger partial charge < -0.3 is 14.8 Å². The standard InChI is InChI=1S/C20H29NO4/c1-15-8-6-11-18(16(15)2)21-19(22)14-25-20(23)12-7-13-24-17-9-4-3-5-10-17/h3-5,9-10,15-16,18H,6-8,11-14H2,1-2H3,(H,21,22)/t15-,16+,18+/m0/s1. The number of hydrogen-bond acceptors (Lipinski definition) is 4. The molecule has 1 aliphatic carbocycles. The van der Waals surface area contributed by atoms with Crippen LogP contribution in [0, 0.1) is 11.8 Å². The third-order valence-corrected chi connectivity index (χ3v) is 4.95. The second-order valence-electron chi connectivity index (χ2n) is 6.87. The Morgan fingerprint density at radius 1 is 1.16 bits per heavy atom. The van der Waals surface area contributed by atoms with Crippen LogP contribution >= 0.6 is 0 Å². The predicted octanol–water partition coefficient (Wildman–Crippen LogP) is 3.33. The van der Waals surface area contributed by atoms with Gasteiger partial charge in [-0.3, -0.25) is 9.59 Å². The first-order valence-electron chi connectivity index (χ1n) is 9.19. The molecule has 5 heteroatoms. The number of esters is 1. The van der Waals surface area contributed by atoms with Gasteiger partial charge in [0, 0.05) is 12.5 Å². The van der Waals surface area contributed by atoms with Gasteiger partial charge in [0.1, 0.15) is 5.75 Å². The van der Waals surface area contributed by atoms with Crippen molar-refractivity contribution in [1.82, 2.24) is 5.32 Å². The molecule has 0 heterocycles. The number of benzene rings is 1. The summed E-state index contributed by atoms with van der Waals surface area (Å²) in [5, 5.41) is 3.00. The molecule has 1 aliphatic rings. The fraction of sp³-hybridized carbons (Fsp3) is 0.600. The summed E-state index contributed by atoms with van der Waals surface area (Å²) < 4.78 is 10.6. The molecule has 1 amide bonds. The van der Waals surface area contributed by atoms with Crippen LogP contribution in [-0.4, -0.2) is 31.1 Å². The molecule has 1 fully saturated rings. The number of nitrogens with one attached hydrogen (secondary N) is 1. The summed E-state index contributed by atoms with van der Waals surface area (Å²) >= 11 is 0. The van der Waals surface area contributed by atoms with Crippen LogP contribution in [0.1, 0.15) is 46.0 Å². The monoisotopic (exact) mass is 347 g/mol. The highest BCUT2D eigenvalue weighted by Crippen LogP contribution is 2.29. The van der Waals surface area contributed by atoms with E-state index in [0.29, 0.717) is 24.9 Å². The van der Waals surface area contributed by atoms with Crippen molar-refractivity contribution in [1.29, 1.82) is 0 Å². The molecule has 0 aliphatic heterocycles. The van der Waals surface area contributed by atoms with E-state index in [-0.39, 0.29) is 30.9 Å². The van der Waals surface area contributed by atoms with E-state index in [1.54, 1.807) is 0 Å². The lowest BCUT2D eigenvalue weighted by Crippen LogP contribution is -2.45. The second-order valence-corrected chi connectivity index (χ2v) is 6.87. The highest BCUT2D eigenvalue weighted by molar-refractivity contribution is 5.80. The van der Waals surface area contributed by atoms with Crippen molar-refractivity contribution in [2.45, 2.75) is 52.0 Å². The molecule has 0 unspecified atom stereocenters. The number of amides is 1. The van der Waals surface area contributed by atoms with E-state index >= 15 is 0 Å². The van der Waals surface area contributed by atoms with Gasteiger partial charge in [-0.2, -0.15) is 0 Å². The summed E-state index contributed by atoms with van der Waals surface area (Å²) in [7, 11) is 0. The summed E-state index contributed by atoms with van der Waals surface area (Å²) in [6, 6.07) is 9.65. The van der Waals surface area contributed by atoms with Crippen LogP contribution in [0.3, 0.4) is 0 Å². The smallest absolute Gasteiger partial charge is 0.306 e. The minimum absolute atomic E-state index is 0.189. The zero-order valence-corrected chi connectivity index (χ0v) is 15.2. The number of carbonyl (C=O) groups is 2. The molecular weight excluding hydrogens is 318 g/mol. The van der Waals surface area contributed by atoms with Crippen LogP contribution < -0.4 is 10.1 Å². The lowest BCUT2D eigenvalue weighted by atomic mass is 9.78. The van der Waals surface area contributed by atoms with Gasteiger partial charge in [0.15, 0.2) is 6.61 Å². The van der Waals surface area contributed by atoms with Crippen molar-refractivity contribution in [2.75, 3.05) is 13.2 Å². The van der Waals surface area contributed by atoms with Gasteiger partial charge in [-0.15, -0.1) is 0 Å². The average molecular weight is 347 g/mol. The SMILES string of the molecule is C[C@@H]1[C@@H](C)CCC[C@H]1NC(=O)COC(=O)CCCOc1ccccc1. The lowest BCUT2D eigenvalue weighted by molar-refractivity contribution is -0.149. The first kappa shape index (κ1) is 19.3. The highest BCUT2D eigenvalue weighted by atomic mass is 16.5. The van der Waals surface area contributed by atoms with Crippen molar-refractivity contribution in [3.63, 3.8) is 0 Å². The van der Waals surface area contributed by atoms with Crippen LogP contribution in [0.15, 0.2) is 30.3 Å². The number of rotatable bonds is 8. The fourth-order valence-corrected chi connectivity index (χ4v) is 3.18. The Hall–Kier alpha value is -2.04. The Bertz CT molecular complexity index is 546. The van der Waals surface area contributed by atoms with Gasteiger partial charge in [0.05, 0.1) is 6.61 Å². The number of carbonyl (C=O) groups excluding carboxylic acids is 2. The maximum Gasteiger partial charge on any atom is 0.306 e. The molecule has 138 valence electrons. The quantitative estimate of drug-likeness (QED) is 0.579. The molecule has 1 N–H and O–H groups in total. The van der Waals surface area contributed by atoms with Gasteiger partial charge in [-0.1, -0.05) is 44.9 Å². The van der Waals surface area contributed by atoms with E-state index in [0.717, 1.165) is 18.6 Å². The molecule has 25 heavy (non-hydrogen) atoms. The van der Waals surface area contributed by atoms with E-state index in [1.165, 1.54) is 6.42 Å². The van der Waals surface area contributed by atoms with Crippen molar-refractivity contribution in [3.05, 3.63) is 30.3 Å². The summed E-state index contributed by atoms with van der Waals surface area (Å²) in [6.07, 6.45) is 4.16. The molecule has 1 aromatic rings. The molecule has 0 spiro atoms. The predicted molar refractivity (Wildman–Crippen MR) is 96.2 cm³/mol. The van der Waals surface area contributed by atoms with E-state index in [9.17, 15) is 9.59 Å². The maximum absolute atomic E-state index is 12.0. The van der Waals surface area contributed by atoms with Crippen LogP contribution in [0.2, 0.25) is 0 Å². The largest absolute Gasteiger partial charge is 0.494 e. The molecule has 2 rings (SSSR count). The molecule has 0 aromatic heterocycles. The van der Waals surface area contributed by atoms with Gasteiger partial charge in [-0.05, 0) is 36.8 Å². The molecule has 0 bridgehead atoms. The maximum atomic E-state index is 12.0. The average Bonchev–Trinajstić information content (AvgIpc) is 2.62. The molecule has 1 aromatic carbocycles. The van der Waals surface area contributed by atoms with Crippen LogP contribution in [-0.2, 0) is 14.3 Å². The van der Waals surface area contributed by atoms with Crippen molar-refractivity contribution in [3.8, 4) is 5.75 Å². The van der Waals surface area contributed by atoms with Gasteiger partial charge >= 0.3 is 5.97 Å². The Balaban J connectivity index is 1.57. The van der Waals surface area contributed by atoms with E-state index < -0.39 is 0 Å². The second kappa shape index (κ2) is 10.1. The Morgan fingerprint density at radius 3 is 2.68 bits per heavy atom. The van der Waals surface area contributed by atoms with E-state index in [2.05, 4.69) is 19.2 Å². The molecule has 1 saturated carbocycles. The van der Waals surface area contributed by atoms with E-state index in [4.69, 9.17) is 9.47 Å². The van der Waals surface area contributed by atoms with Crippen molar-refractivity contribution < 1.29 is 19.1 Å². The summed E-state index contributed by atoms with van der Waals surface area (Å²) in [4.78, 5) is 23.7. The molecule has 0 radical (unpaired) electrons. The first-order chi connectivity index (χ1) is 12.1.